The van der Waals surface area contributed by atoms with Crippen molar-refractivity contribution in [3.8, 4) is 0 Å². The molecular formula is C14H20N4OS2. The molecule has 0 aliphatic heterocycles. The smallest absolute Gasteiger partial charge is 0.225 e. The van der Waals surface area contributed by atoms with Gasteiger partial charge in [0.1, 0.15) is 0 Å². The average Bonchev–Trinajstić information content (AvgIpc) is 2.87. The minimum atomic E-state index is 0.0386. The van der Waals surface area contributed by atoms with E-state index in [9.17, 15) is 4.79 Å². The molecule has 2 aromatic heterocycles. The van der Waals surface area contributed by atoms with Crippen molar-refractivity contribution in [1.29, 1.82) is 0 Å². The number of amides is 1. The molecule has 0 atom stereocenters. The van der Waals surface area contributed by atoms with Crippen LogP contribution in [0.5, 0.6) is 0 Å². The van der Waals surface area contributed by atoms with Gasteiger partial charge in [-0.25, -0.2) is 0 Å². The molecule has 2 rings (SSSR count). The highest BCUT2D eigenvalue weighted by Crippen LogP contribution is 2.14. The molecule has 0 radical (unpaired) electrons. The first-order valence-corrected chi connectivity index (χ1v) is 8.14. The Morgan fingerprint density at radius 3 is 2.81 bits per heavy atom. The Hall–Kier alpha value is -1.47. The normalized spacial score (nSPS) is 10.8. The number of H-pyrrole nitrogens is 1. The van der Waals surface area contributed by atoms with E-state index in [1.165, 1.54) is 11.3 Å². The number of aryl methyl sites for hydroxylation is 4. The van der Waals surface area contributed by atoms with E-state index in [2.05, 4.69) is 21.5 Å². The number of hydrogen-bond acceptors (Lipinski definition) is 4. The van der Waals surface area contributed by atoms with Crippen LogP contribution in [0.1, 0.15) is 28.4 Å². The Kier molecular flexibility index (Phi) is 5.30. The number of aromatic nitrogens is 3. The summed E-state index contributed by atoms with van der Waals surface area (Å²) in [6, 6.07) is 2.06. The molecule has 5 nitrogen and oxygen atoms in total. The second-order valence-electron chi connectivity index (χ2n) is 5.09. The molecule has 0 spiro atoms. The van der Waals surface area contributed by atoms with Gasteiger partial charge in [-0.1, -0.05) is 0 Å². The first-order valence-electron chi connectivity index (χ1n) is 6.92. The molecule has 0 unspecified atom stereocenters. The van der Waals surface area contributed by atoms with Gasteiger partial charge in [0.25, 0.3) is 0 Å². The molecule has 2 aromatic rings. The van der Waals surface area contributed by atoms with E-state index in [0.717, 1.165) is 38.9 Å². The monoisotopic (exact) mass is 324 g/mol. The zero-order chi connectivity index (χ0) is 15.4. The van der Waals surface area contributed by atoms with Crippen LogP contribution in [-0.4, -0.2) is 27.2 Å². The highest BCUT2D eigenvalue weighted by Gasteiger charge is 2.08. The van der Waals surface area contributed by atoms with Crippen LogP contribution in [0.25, 0.3) is 0 Å². The number of hydrogen-bond donors (Lipinski definition) is 2. The quantitative estimate of drug-likeness (QED) is 0.634. The molecule has 21 heavy (non-hydrogen) atoms. The van der Waals surface area contributed by atoms with Crippen LogP contribution in [0.4, 0.5) is 0 Å². The number of carbonyl (C=O) groups is 1. The van der Waals surface area contributed by atoms with Crippen molar-refractivity contribution < 1.29 is 4.79 Å². The van der Waals surface area contributed by atoms with Crippen molar-refractivity contribution in [1.82, 2.24) is 20.1 Å². The standard InChI is InChI=1S/C14H20N4OS2/c1-9-7-10(2)18(17-9)6-4-5-15-13(19)8-12-11(3)16-14(20)21-12/h7H,4-6,8H2,1-3H3,(H,15,19)(H,16,20). The maximum atomic E-state index is 11.9. The highest BCUT2D eigenvalue weighted by molar-refractivity contribution is 7.73. The third-order valence-electron chi connectivity index (χ3n) is 3.22. The largest absolute Gasteiger partial charge is 0.356 e. The lowest BCUT2D eigenvalue weighted by molar-refractivity contribution is -0.120. The van der Waals surface area contributed by atoms with E-state index in [4.69, 9.17) is 12.2 Å². The maximum Gasteiger partial charge on any atom is 0.225 e. The molecule has 0 saturated carbocycles. The van der Waals surface area contributed by atoms with Crippen molar-refractivity contribution in [2.75, 3.05) is 6.54 Å². The summed E-state index contributed by atoms with van der Waals surface area (Å²) in [7, 11) is 0. The van der Waals surface area contributed by atoms with Crippen LogP contribution in [-0.2, 0) is 17.8 Å². The van der Waals surface area contributed by atoms with Gasteiger partial charge in [0.05, 0.1) is 12.1 Å². The van der Waals surface area contributed by atoms with Gasteiger partial charge in [0, 0.05) is 29.4 Å². The summed E-state index contributed by atoms with van der Waals surface area (Å²) in [5.41, 5.74) is 3.17. The molecule has 1 amide bonds. The number of thiazole rings is 1. The topological polar surface area (TPSA) is 62.7 Å². The lowest BCUT2D eigenvalue weighted by Gasteiger charge is -2.06. The molecule has 0 aliphatic rings. The number of rotatable bonds is 6. The van der Waals surface area contributed by atoms with Crippen molar-refractivity contribution in [2.24, 2.45) is 0 Å². The fourth-order valence-electron chi connectivity index (χ4n) is 2.17. The van der Waals surface area contributed by atoms with Crippen LogP contribution in [0.3, 0.4) is 0 Å². The predicted molar refractivity (Wildman–Crippen MR) is 87.3 cm³/mol. The summed E-state index contributed by atoms with van der Waals surface area (Å²) in [5.74, 6) is 0.0386. The maximum absolute atomic E-state index is 11.9. The molecule has 0 aromatic carbocycles. The van der Waals surface area contributed by atoms with Crippen LogP contribution < -0.4 is 5.32 Å². The minimum absolute atomic E-state index is 0.0386. The van der Waals surface area contributed by atoms with Gasteiger partial charge in [0.2, 0.25) is 5.91 Å². The van der Waals surface area contributed by atoms with Gasteiger partial charge in [-0.2, -0.15) is 5.10 Å². The summed E-state index contributed by atoms with van der Waals surface area (Å²) >= 11 is 6.54. The molecule has 0 bridgehead atoms. The fraction of sp³-hybridized carbons (Fsp3) is 0.500. The molecule has 2 N–H and O–H groups in total. The van der Waals surface area contributed by atoms with Gasteiger partial charge >= 0.3 is 0 Å². The van der Waals surface area contributed by atoms with Crippen LogP contribution in [0.15, 0.2) is 6.07 Å². The van der Waals surface area contributed by atoms with Crippen LogP contribution in [0, 0.1) is 24.7 Å². The molecule has 114 valence electrons. The Morgan fingerprint density at radius 1 is 1.48 bits per heavy atom. The number of nitrogens with zero attached hydrogens (tertiary/aromatic N) is 2. The Bertz CT molecular complexity index is 683. The second-order valence-corrected chi connectivity index (χ2v) is 6.87. The van der Waals surface area contributed by atoms with E-state index >= 15 is 0 Å². The molecule has 2 heterocycles. The van der Waals surface area contributed by atoms with Crippen molar-refractivity contribution in [3.05, 3.63) is 32.0 Å². The first kappa shape index (κ1) is 15.9. The van der Waals surface area contributed by atoms with Gasteiger partial charge < -0.3 is 10.3 Å². The van der Waals surface area contributed by atoms with Crippen molar-refractivity contribution in [3.63, 3.8) is 0 Å². The number of carbonyl (C=O) groups excluding carboxylic acids is 1. The first-order chi connectivity index (χ1) is 9.95. The lowest BCUT2D eigenvalue weighted by Crippen LogP contribution is -2.27. The summed E-state index contributed by atoms with van der Waals surface area (Å²) in [6.45, 7) is 7.45. The zero-order valence-corrected chi connectivity index (χ0v) is 14.2. The SMILES string of the molecule is Cc1cc(C)n(CCCNC(=O)Cc2sc(=S)[nH]c2C)n1. The van der Waals surface area contributed by atoms with Gasteiger partial charge in [0.15, 0.2) is 3.95 Å². The van der Waals surface area contributed by atoms with E-state index in [1.54, 1.807) is 0 Å². The van der Waals surface area contributed by atoms with E-state index in [0.29, 0.717) is 13.0 Å². The Labute approximate surface area is 133 Å². The molecule has 0 saturated heterocycles. The van der Waals surface area contributed by atoms with Crippen molar-refractivity contribution >= 4 is 29.5 Å². The molecular weight excluding hydrogens is 304 g/mol. The molecule has 0 aliphatic carbocycles. The van der Waals surface area contributed by atoms with Gasteiger partial charge in [-0.05, 0) is 45.5 Å². The van der Waals surface area contributed by atoms with E-state index < -0.39 is 0 Å². The van der Waals surface area contributed by atoms with Crippen LogP contribution in [0.2, 0.25) is 0 Å². The second kappa shape index (κ2) is 7.00. The van der Waals surface area contributed by atoms with Gasteiger partial charge in [-0.3, -0.25) is 9.48 Å². The number of nitrogens with one attached hydrogen (secondary N) is 2. The summed E-state index contributed by atoms with van der Waals surface area (Å²) in [5, 5.41) is 7.34. The Morgan fingerprint density at radius 2 is 2.24 bits per heavy atom. The van der Waals surface area contributed by atoms with Crippen molar-refractivity contribution in [2.45, 2.75) is 40.2 Å². The zero-order valence-electron chi connectivity index (χ0n) is 12.5. The van der Waals surface area contributed by atoms with Gasteiger partial charge in [-0.15, -0.1) is 11.3 Å². The summed E-state index contributed by atoms with van der Waals surface area (Å²) in [6.07, 6.45) is 1.26. The summed E-state index contributed by atoms with van der Waals surface area (Å²) in [4.78, 5) is 15.9. The number of aromatic amines is 1. The Balaban J connectivity index is 1.73. The highest BCUT2D eigenvalue weighted by atomic mass is 32.1. The molecule has 0 fully saturated rings. The van der Waals surface area contributed by atoms with Crippen LogP contribution >= 0.6 is 23.6 Å². The predicted octanol–water partition coefficient (Wildman–Crippen LogP) is 2.68. The lowest BCUT2D eigenvalue weighted by atomic mass is 10.3. The van der Waals surface area contributed by atoms with E-state index in [1.807, 2.05) is 25.5 Å². The fourth-order valence-corrected chi connectivity index (χ4v) is 3.46. The minimum Gasteiger partial charge on any atom is -0.356 e. The third-order valence-corrected chi connectivity index (χ3v) is 4.55. The summed E-state index contributed by atoms with van der Waals surface area (Å²) < 4.78 is 2.70. The van der Waals surface area contributed by atoms with E-state index in [-0.39, 0.29) is 5.91 Å². The average molecular weight is 324 g/mol. The third kappa shape index (κ3) is 4.50. The molecule has 7 heteroatoms.